The van der Waals surface area contributed by atoms with Gasteiger partial charge < -0.3 is 25.6 Å². The predicted molar refractivity (Wildman–Crippen MR) is 150 cm³/mol. The lowest BCUT2D eigenvalue weighted by Crippen LogP contribution is -2.58. The van der Waals surface area contributed by atoms with Crippen molar-refractivity contribution in [3.05, 3.63) is 63.9 Å². The van der Waals surface area contributed by atoms with Crippen LogP contribution in [0.25, 0.3) is 5.76 Å². The van der Waals surface area contributed by atoms with Crippen molar-refractivity contribution in [2.75, 3.05) is 27.2 Å². The van der Waals surface area contributed by atoms with Crippen molar-refractivity contribution in [1.29, 1.82) is 0 Å². The average molecular weight is 531 g/mol. The number of carbonyl (C=O) groups is 2. The van der Waals surface area contributed by atoms with E-state index in [1.807, 2.05) is 20.2 Å². The van der Waals surface area contributed by atoms with Crippen LogP contribution in [0.4, 0.5) is 0 Å². The number of fused-ring (bicyclic) bond motifs is 3. The highest BCUT2D eigenvalue weighted by Crippen LogP contribution is 2.54. The number of Topliss-reactive ketones (excluding diaryl/α,β-unsaturated/α-hetero) is 1. The predicted octanol–water partition coefficient (Wildman–Crippen LogP) is 4.03. The summed E-state index contributed by atoms with van der Waals surface area (Å²) in [5.41, 5.74) is 6.97. The molecule has 4 N–H and O–H groups in total. The maximum Gasteiger partial charge on any atom is 0.252 e. The molecule has 0 aliphatic heterocycles. The number of benzene rings is 1. The average Bonchev–Trinajstić information content (AvgIpc) is 2.83. The number of ketones is 1. The second-order valence-corrected chi connectivity index (χ2v) is 11.7. The third kappa shape index (κ3) is 4.81. The minimum atomic E-state index is -1.62. The van der Waals surface area contributed by atoms with Crippen LogP contribution in [0.5, 0.6) is 0 Å². The number of aliphatic hydroxyl groups excluding tert-OH is 2. The van der Waals surface area contributed by atoms with Crippen LogP contribution in [0.2, 0.25) is 0 Å². The summed E-state index contributed by atoms with van der Waals surface area (Å²) in [6.45, 7) is 5.00. The number of hydrogen-bond acceptors (Lipinski definition) is 6. The molecular formula is C32H38N2O5. The van der Waals surface area contributed by atoms with E-state index >= 15 is 0 Å². The van der Waals surface area contributed by atoms with E-state index < -0.39 is 23.2 Å². The molecule has 0 heterocycles. The first-order valence-electron chi connectivity index (χ1n) is 13.9. The minimum absolute atomic E-state index is 0.0180. The van der Waals surface area contributed by atoms with Gasteiger partial charge in [0.05, 0.1) is 5.57 Å². The molecule has 3 atom stereocenters. The Morgan fingerprint density at radius 1 is 1.26 bits per heavy atom. The molecule has 1 unspecified atom stereocenters. The zero-order chi connectivity index (χ0) is 27.9. The van der Waals surface area contributed by atoms with Crippen LogP contribution in [0.3, 0.4) is 0 Å². The molecule has 1 aromatic carbocycles. The number of carbonyl (C=O) groups excluding carboxylic acids is 2. The lowest BCUT2D eigenvalue weighted by Gasteiger charge is -2.50. The van der Waals surface area contributed by atoms with E-state index in [0.29, 0.717) is 29.9 Å². The molecule has 7 heteroatoms. The van der Waals surface area contributed by atoms with Gasteiger partial charge in [0.2, 0.25) is 0 Å². The lowest BCUT2D eigenvalue weighted by atomic mass is 9.57. The van der Waals surface area contributed by atoms with E-state index in [1.165, 1.54) is 6.42 Å². The SMILES string of the molecule is C=C1C(C(N)=O)=C(O)C[C@@H]2CC3Cc4ccc(CCCN(C)C)cc4C(O)=C3C(=O)[C@]12OCC#CC1CCC1. The first-order chi connectivity index (χ1) is 18.6. The molecule has 7 nitrogen and oxygen atoms in total. The van der Waals surface area contributed by atoms with Gasteiger partial charge in [0.25, 0.3) is 5.91 Å². The highest BCUT2D eigenvalue weighted by molar-refractivity contribution is 6.13. The maximum absolute atomic E-state index is 14.4. The highest BCUT2D eigenvalue weighted by Gasteiger charge is 2.60. The Hall–Kier alpha value is -3.34. The van der Waals surface area contributed by atoms with Gasteiger partial charge in [-0.3, -0.25) is 9.59 Å². The van der Waals surface area contributed by atoms with E-state index in [0.717, 1.165) is 43.4 Å². The number of aryl methyl sites for hydroxylation is 1. The Morgan fingerprint density at radius 3 is 2.69 bits per heavy atom. The van der Waals surface area contributed by atoms with Gasteiger partial charge in [-0.15, -0.1) is 0 Å². The molecule has 39 heavy (non-hydrogen) atoms. The quantitative estimate of drug-likeness (QED) is 0.459. The number of hydrogen-bond donors (Lipinski definition) is 3. The van der Waals surface area contributed by atoms with E-state index in [2.05, 4.69) is 35.5 Å². The molecular weight excluding hydrogens is 492 g/mol. The van der Waals surface area contributed by atoms with Gasteiger partial charge in [0, 0.05) is 35.0 Å². The van der Waals surface area contributed by atoms with Gasteiger partial charge in [-0.2, -0.15) is 0 Å². The number of allylic oxidation sites excluding steroid dienone is 1. The summed E-state index contributed by atoms with van der Waals surface area (Å²) in [6, 6.07) is 6.13. The number of rotatable bonds is 7. The third-order valence-electron chi connectivity index (χ3n) is 8.86. The second kappa shape index (κ2) is 10.7. The Balaban J connectivity index is 1.53. The van der Waals surface area contributed by atoms with Gasteiger partial charge in [-0.1, -0.05) is 37.0 Å². The Labute approximate surface area is 230 Å². The monoisotopic (exact) mass is 530 g/mol. The first kappa shape index (κ1) is 27.2. The summed E-state index contributed by atoms with van der Waals surface area (Å²) in [7, 11) is 4.08. The zero-order valence-electron chi connectivity index (χ0n) is 22.9. The lowest BCUT2D eigenvalue weighted by molar-refractivity contribution is -0.147. The fourth-order valence-electron chi connectivity index (χ4n) is 6.63. The molecule has 206 valence electrons. The number of ether oxygens (including phenoxy) is 1. The standard InChI is InChI=1S/C32H38N2O5/c1-19-27(31(33)38)26(35)18-24-17-23-16-22-12-11-21(9-5-13-34(2)3)15-25(22)29(36)28(23)30(37)32(19,24)39-14-6-10-20-7-4-8-20/h11-12,15,20,23-24,35-36H,1,4-5,7-9,13-14,16-18H2,2-3H3,(H2,33,38)/t23?,24-,32-/m0/s1. The fraction of sp³-hybridized carbons (Fsp3) is 0.500. The van der Waals surface area contributed by atoms with Crippen molar-refractivity contribution >= 4 is 17.4 Å². The topological polar surface area (TPSA) is 113 Å². The largest absolute Gasteiger partial charge is 0.511 e. The number of aliphatic hydroxyl groups is 2. The zero-order valence-corrected chi connectivity index (χ0v) is 22.9. The molecule has 0 radical (unpaired) electrons. The highest BCUT2D eigenvalue weighted by atomic mass is 16.5. The van der Waals surface area contributed by atoms with E-state index in [4.69, 9.17) is 10.5 Å². The molecule has 0 saturated heterocycles. The molecule has 4 aliphatic rings. The summed E-state index contributed by atoms with van der Waals surface area (Å²) in [6.07, 6.45) is 6.30. The molecule has 2 fully saturated rings. The summed E-state index contributed by atoms with van der Waals surface area (Å²) < 4.78 is 6.31. The number of nitrogens with two attached hydrogens (primary N) is 1. The fourth-order valence-corrected chi connectivity index (χ4v) is 6.63. The molecule has 0 aromatic heterocycles. The van der Waals surface area contributed by atoms with Crippen molar-refractivity contribution in [1.82, 2.24) is 4.90 Å². The summed E-state index contributed by atoms with van der Waals surface area (Å²) in [5, 5.41) is 22.3. The van der Waals surface area contributed by atoms with Gasteiger partial charge in [-0.25, -0.2) is 0 Å². The molecule has 4 aliphatic carbocycles. The minimum Gasteiger partial charge on any atom is -0.511 e. The van der Waals surface area contributed by atoms with Crippen LogP contribution in [0.15, 0.2) is 47.3 Å². The number of amides is 1. The van der Waals surface area contributed by atoms with Crippen LogP contribution in [-0.2, 0) is 27.2 Å². The maximum atomic E-state index is 14.4. The van der Waals surface area contributed by atoms with Crippen molar-refractivity contribution in [2.24, 2.45) is 23.5 Å². The molecule has 0 spiro atoms. The summed E-state index contributed by atoms with van der Waals surface area (Å²) in [5.74, 6) is 4.44. The summed E-state index contributed by atoms with van der Waals surface area (Å²) >= 11 is 0. The van der Waals surface area contributed by atoms with Crippen LogP contribution in [-0.4, -0.2) is 59.7 Å². The molecule has 2 saturated carbocycles. The Kier molecular flexibility index (Phi) is 7.45. The Bertz CT molecular complexity index is 1340. The normalized spacial score (nSPS) is 26.4. The first-order valence-corrected chi connectivity index (χ1v) is 13.9. The van der Waals surface area contributed by atoms with E-state index in [-0.39, 0.29) is 41.6 Å². The van der Waals surface area contributed by atoms with Gasteiger partial charge in [-0.05, 0) is 82.3 Å². The second-order valence-electron chi connectivity index (χ2n) is 11.7. The summed E-state index contributed by atoms with van der Waals surface area (Å²) in [4.78, 5) is 28.9. The molecule has 5 rings (SSSR count). The van der Waals surface area contributed by atoms with Crippen molar-refractivity contribution < 1.29 is 24.5 Å². The van der Waals surface area contributed by atoms with Gasteiger partial charge in [0.1, 0.15) is 18.1 Å². The smallest absolute Gasteiger partial charge is 0.252 e. The molecule has 1 aromatic rings. The van der Waals surface area contributed by atoms with Crippen molar-refractivity contribution in [3.63, 3.8) is 0 Å². The van der Waals surface area contributed by atoms with E-state index in [1.54, 1.807) is 0 Å². The third-order valence-corrected chi connectivity index (χ3v) is 8.86. The van der Waals surface area contributed by atoms with Crippen LogP contribution < -0.4 is 5.73 Å². The van der Waals surface area contributed by atoms with Gasteiger partial charge in [0.15, 0.2) is 11.4 Å². The van der Waals surface area contributed by atoms with E-state index in [9.17, 15) is 19.8 Å². The molecule has 1 amide bonds. The van der Waals surface area contributed by atoms with Crippen molar-refractivity contribution in [3.8, 4) is 11.8 Å². The van der Waals surface area contributed by atoms with Crippen LogP contribution in [0.1, 0.15) is 55.2 Å². The van der Waals surface area contributed by atoms with Crippen LogP contribution in [0, 0.1) is 29.6 Å². The number of primary amides is 1. The van der Waals surface area contributed by atoms with Crippen LogP contribution >= 0.6 is 0 Å². The van der Waals surface area contributed by atoms with Gasteiger partial charge >= 0.3 is 0 Å². The molecule has 0 bridgehead atoms. The number of nitrogens with zero attached hydrogens (tertiary/aromatic N) is 1. The van der Waals surface area contributed by atoms with Crippen molar-refractivity contribution in [2.45, 2.75) is 57.0 Å². The Morgan fingerprint density at radius 2 is 2.03 bits per heavy atom.